The number of nitrogens with zero attached hydrogens (tertiary/aromatic N) is 1. The van der Waals surface area contributed by atoms with Crippen LogP contribution < -0.4 is 4.74 Å². The predicted molar refractivity (Wildman–Crippen MR) is 105 cm³/mol. The molecule has 3 aromatic carbocycles. The highest BCUT2D eigenvalue weighted by atomic mass is 32.2. The summed E-state index contributed by atoms with van der Waals surface area (Å²) in [4.78, 5) is 5.08. The highest BCUT2D eigenvalue weighted by Crippen LogP contribution is 2.49. The standard InChI is InChI=1S/C22H19NOS/c1-24-19-14-12-17(13-15-19)21-20(16-8-4-2-5-9-16)23-22(25-21)18-10-6-3-7-11-18/h2-15,20-21H,1H3. The molecule has 124 valence electrons. The van der Waals surface area contributed by atoms with E-state index in [4.69, 9.17) is 9.73 Å². The van der Waals surface area contributed by atoms with Crippen LogP contribution in [0.1, 0.15) is 28.0 Å². The monoisotopic (exact) mass is 345 g/mol. The van der Waals surface area contributed by atoms with Crippen molar-refractivity contribution in [2.45, 2.75) is 11.3 Å². The Kier molecular flexibility index (Phi) is 4.57. The van der Waals surface area contributed by atoms with Crippen molar-refractivity contribution in [1.29, 1.82) is 0 Å². The number of rotatable bonds is 4. The maximum absolute atomic E-state index is 5.30. The Morgan fingerprint density at radius 1 is 0.760 bits per heavy atom. The van der Waals surface area contributed by atoms with Crippen LogP contribution in [0, 0.1) is 0 Å². The molecule has 4 rings (SSSR count). The Balaban J connectivity index is 1.72. The molecule has 0 saturated carbocycles. The number of hydrogen-bond acceptors (Lipinski definition) is 3. The molecule has 2 nitrogen and oxygen atoms in total. The van der Waals surface area contributed by atoms with Crippen LogP contribution in [-0.2, 0) is 0 Å². The van der Waals surface area contributed by atoms with Crippen LogP contribution in [0.2, 0.25) is 0 Å². The third-order valence-corrected chi connectivity index (χ3v) is 5.74. The van der Waals surface area contributed by atoms with Crippen molar-refractivity contribution in [2.75, 3.05) is 7.11 Å². The second-order valence-electron chi connectivity index (χ2n) is 5.97. The molecule has 0 saturated heterocycles. The van der Waals surface area contributed by atoms with Gasteiger partial charge in [-0.05, 0) is 23.3 Å². The first-order valence-corrected chi connectivity index (χ1v) is 9.22. The highest BCUT2D eigenvalue weighted by molar-refractivity contribution is 8.14. The van der Waals surface area contributed by atoms with Gasteiger partial charge in [0.05, 0.1) is 23.4 Å². The largest absolute Gasteiger partial charge is 0.497 e. The van der Waals surface area contributed by atoms with Crippen LogP contribution >= 0.6 is 11.8 Å². The summed E-state index contributed by atoms with van der Waals surface area (Å²) in [6.45, 7) is 0. The lowest BCUT2D eigenvalue weighted by Crippen LogP contribution is -2.02. The molecule has 0 aliphatic carbocycles. The van der Waals surface area contributed by atoms with Gasteiger partial charge in [0.1, 0.15) is 5.75 Å². The number of hydrogen-bond donors (Lipinski definition) is 0. The summed E-state index contributed by atoms with van der Waals surface area (Å²) >= 11 is 1.84. The third-order valence-electron chi connectivity index (χ3n) is 4.39. The van der Waals surface area contributed by atoms with E-state index in [1.165, 1.54) is 16.7 Å². The van der Waals surface area contributed by atoms with Gasteiger partial charge in [-0.25, -0.2) is 0 Å². The lowest BCUT2D eigenvalue weighted by Gasteiger charge is -2.18. The first-order chi connectivity index (χ1) is 12.3. The smallest absolute Gasteiger partial charge is 0.118 e. The lowest BCUT2D eigenvalue weighted by atomic mass is 9.98. The average molecular weight is 345 g/mol. The van der Waals surface area contributed by atoms with Crippen LogP contribution in [0.15, 0.2) is 89.9 Å². The second kappa shape index (κ2) is 7.16. The van der Waals surface area contributed by atoms with E-state index in [1.807, 2.05) is 30.0 Å². The maximum atomic E-state index is 5.30. The third kappa shape index (κ3) is 3.33. The summed E-state index contributed by atoms with van der Waals surface area (Å²) in [7, 11) is 1.70. The van der Waals surface area contributed by atoms with Gasteiger partial charge >= 0.3 is 0 Å². The molecule has 0 aromatic heterocycles. The van der Waals surface area contributed by atoms with Crippen molar-refractivity contribution in [1.82, 2.24) is 0 Å². The topological polar surface area (TPSA) is 21.6 Å². The van der Waals surface area contributed by atoms with Crippen molar-refractivity contribution >= 4 is 16.8 Å². The minimum atomic E-state index is 0.120. The highest BCUT2D eigenvalue weighted by Gasteiger charge is 2.33. The molecule has 0 N–H and O–H groups in total. The number of ether oxygens (including phenoxy) is 1. The molecule has 0 amide bonds. The Labute approximate surface area is 152 Å². The fourth-order valence-corrected chi connectivity index (χ4v) is 4.40. The van der Waals surface area contributed by atoms with E-state index in [-0.39, 0.29) is 11.3 Å². The first-order valence-electron chi connectivity index (χ1n) is 8.34. The van der Waals surface area contributed by atoms with Crippen molar-refractivity contribution in [3.05, 3.63) is 102 Å². The molecule has 0 radical (unpaired) electrons. The van der Waals surface area contributed by atoms with Crippen LogP contribution in [0.25, 0.3) is 0 Å². The molecular weight excluding hydrogens is 326 g/mol. The Morgan fingerprint density at radius 3 is 2.04 bits per heavy atom. The zero-order valence-electron chi connectivity index (χ0n) is 14.0. The number of aliphatic imine (C=N–C) groups is 1. The quantitative estimate of drug-likeness (QED) is 0.607. The number of benzene rings is 3. The Hall–Kier alpha value is -2.52. The van der Waals surface area contributed by atoms with E-state index in [0.717, 1.165) is 10.8 Å². The molecule has 25 heavy (non-hydrogen) atoms. The normalized spacial score (nSPS) is 19.5. The minimum Gasteiger partial charge on any atom is -0.497 e. The van der Waals surface area contributed by atoms with Gasteiger partial charge in [-0.3, -0.25) is 4.99 Å². The summed E-state index contributed by atoms with van der Waals surface area (Å²) in [5, 5.41) is 1.37. The number of thioether (sulfide) groups is 1. The molecular formula is C22H19NOS. The molecule has 1 aliphatic heterocycles. The lowest BCUT2D eigenvalue weighted by molar-refractivity contribution is 0.414. The summed E-state index contributed by atoms with van der Waals surface area (Å²) in [6.07, 6.45) is 0. The van der Waals surface area contributed by atoms with Gasteiger partial charge in [-0.1, -0.05) is 84.6 Å². The first kappa shape index (κ1) is 16.0. The van der Waals surface area contributed by atoms with Crippen LogP contribution in [0.5, 0.6) is 5.75 Å². The van der Waals surface area contributed by atoms with Gasteiger partial charge in [-0.2, -0.15) is 0 Å². The van der Waals surface area contributed by atoms with Gasteiger partial charge in [-0.15, -0.1) is 0 Å². The average Bonchev–Trinajstić information content (AvgIpc) is 3.15. The zero-order valence-corrected chi connectivity index (χ0v) is 14.8. The maximum Gasteiger partial charge on any atom is 0.118 e. The van der Waals surface area contributed by atoms with Crippen molar-refractivity contribution < 1.29 is 4.74 Å². The predicted octanol–water partition coefficient (Wildman–Crippen LogP) is 5.67. The van der Waals surface area contributed by atoms with Gasteiger partial charge < -0.3 is 4.74 Å². The summed E-state index contributed by atoms with van der Waals surface area (Å²) in [6, 6.07) is 29.5. The fourth-order valence-electron chi connectivity index (χ4n) is 3.08. The van der Waals surface area contributed by atoms with Gasteiger partial charge in [0.2, 0.25) is 0 Å². The van der Waals surface area contributed by atoms with Gasteiger partial charge in [0.15, 0.2) is 0 Å². The van der Waals surface area contributed by atoms with E-state index in [1.54, 1.807) is 7.11 Å². The SMILES string of the molecule is COc1ccc(C2SC(c3ccccc3)=NC2c2ccccc2)cc1. The van der Waals surface area contributed by atoms with Gasteiger partial charge in [0.25, 0.3) is 0 Å². The van der Waals surface area contributed by atoms with Crippen LogP contribution in [0.3, 0.4) is 0 Å². The zero-order chi connectivity index (χ0) is 17.1. The molecule has 2 unspecified atom stereocenters. The molecule has 3 aromatic rings. The van der Waals surface area contributed by atoms with Crippen LogP contribution in [-0.4, -0.2) is 12.2 Å². The summed E-state index contributed by atoms with van der Waals surface area (Å²) in [5.41, 5.74) is 3.71. The van der Waals surface area contributed by atoms with Gasteiger partial charge in [0, 0.05) is 5.56 Å². The van der Waals surface area contributed by atoms with E-state index in [9.17, 15) is 0 Å². The fraction of sp³-hybridized carbons (Fsp3) is 0.136. The molecule has 0 spiro atoms. The summed E-state index contributed by atoms with van der Waals surface area (Å²) in [5.74, 6) is 0.882. The molecule has 3 heteroatoms. The summed E-state index contributed by atoms with van der Waals surface area (Å²) < 4.78 is 5.30. The van der Waals surface area contributed by atoms with Crippen molar-refractivity contribution in [3.63, 3.8) is 0 Å². The number of methoxy groups -OCH3 is 1. The Morgan fingerprint density at radius 2 is 1.40 bits per heavy atom. The van der Waals surface area contributed by atoms with Crippen molar-refractivity contribution in [3.8, 4) is 5.75 Å². The minimum absolute atomic E-state index is 0.120. The van der Waals surface area contributed by atoms with Crippen LogP contribution in [0.4, 0.5) is 0 Å². The van der Waals surface area contributed by atoms with E-state index in [0.29, 0.717) is 0 Å². The van der Waals surface area contributed by atoms with E-state index < -0.39 is 0 Å². The molecule has 2 atom stereocenters. The Bertz CT molecular complexity index is 860. The second-order valence-corrected chi connectivity index (χ2v) is 7.10. The van der Waals surface area contributed by atoms with Crippen molar-refractivity contribution in [2.24, 2.45) is 4.99 Å². The molecule has 0 fully saturated rings. The van der Waals surface area contributed by atoms with E-state index in [2.05, 4.69) is 66.7 Å². The molecule has 1 heterocycles. The molecule has 1 aliphatic rings. The molecule has 0 bridgehead atoms. The van der Waals surface area contributed by atoms with E-state index >= 15 is 0 Å².